The molecule has 0 amide bonds. The molecule has 1 spiro atoms. The third-order valence-electron chi connectivity index (χ3n) is 3.95. The average molecular weight is 278 g/mol. The predicted octanol–water partition coefficient (Wildman–Crippen LogP) is 1.98. The maximum Gasteiger partial charge on any atom is 0.264 e. The van der Waals surface area contributed by atoms with E-state index in [1.807, 2.05) is 0 Å². The SMILES string of the molecule is O=S(=O)(O)CCCCC1CCC2(CC1)OCCO2. The summed E-state index contributed by atoms with van der Waals surface area (Å²) in [6.07, 6.45) is 6.53. The molecule has 0 unspecified atom stereocenters. The minimum Gasteiger partial charge on any atom is -0.348 e. The molecule has 2 fully saturated rings. The molecule has 0 aromatic heterocycles. The summed E-state index contributed by atoms with van der Waals surface area (Å²) in [5.41, 5.74) is 0. The van der Waals surface area contributed by atoms with Crippen molar-refractivity contribution in [3.05, 3.63) is 0 Å². The minimum atomic E-state index is -3.79. The first-order chi connectivity index (χ1) is 8.49. The second kappa shape index (κ2) is 5.86. The summed E-state index contributed by atoms with van der Waals surface area (Å²) >= 11 is 0. The second-order valence-electron chi connectivity index (χ2n) is 5.33. The minimum absolute atomic E-state index is 0.115. The van der Waals surface area contributed by atoms with Crippen molar-refractivity contribution in [3.8, 4) is 0 Å². The van der Waals surface area contributed by atoms with Crippen molar-refractivity contribution >= 4 is 10.1 Å². The van der Waals surface area contributed by atoms with E-state index in [0.717, 1.165) is 38.5 Å². The monoisotopic (exact) mass is 278 g/mol. The van der Waals surface area contributed by atoms with Gasteiger partial charge in [0.2, 0.25) is 0 Å². The van der Waals surface area contributed by atoms with Gasteiger partial charge in [0.15, 0.2) is 5.79 Å². The van der Waals surface area contributed by atoms with E-state index in [4.69, 9.17) is 14.0 Å². The van der Waals surface area contributed by atoms with E-state index in [1.54, 1.807) is 0 Å². The normalized spacial score (nSPS) is 24.7. The highest BCUT2D eigenvalue weighted by atomic mass is 32.2. The van der Waals surface area contributed by atoms with E-state index in [9.17, 15) is 8.42 Å². The van der Waals surface area contributed by atoms with Gasteiger partial charge in [-0.1, -0.05) is 12.8 Å². The molecule has 0 bridgehead atoms. The molecule has 1 saturated heterocycles. The molecule has 2 rings (SSSR count). The smallest absolute Gasteiger partial charge is 0.264 e. The van der Waals surface area contributed by atoms with Crippen molar-refractivity contribution in [1.29, 1.82) is 0 Å². The lowest BCUT2D eigenvalue weighted by atomic mass is 9.82. The number of hydrogen-bond donors (Lipinski definition) is 1. The standard InChI is InChI=1S/C12H22O5S/c13-18(14,15)10-2-1-3-11-4-6-12(7-5-11)16-8-9-17-12/h11H,1-10H2,(H,13,14,15). The summed E-state index contributed by atoms with van der Waals surface area (Å²) in [7, 11) is -3.79. The molecule has 6 heteroatoms. The molecule has 2 aliphatic rings. The van der Waals surface area contributed by atoms with Gasteiger partial charge in [-0.05, 0) is 25.2 Å². The van der Waals surface area contributed by atoms with Crippen molar-refractivity contribution < 1.29 is 22.4 Å². The molecule has 1 heterocycles. The van der Waals surface area contributed by atoms with Crippen molar-refractivity contribution in [2.24, 2.45) is 5.92 Å². The van der Waals surface area contributed by atoms with Gasteiger partial charge in [0, 0.05) is 12.8 Å². The molecule has 1 aliphatic carbocycles. The lowest BCUT2D eigenvalue weighted by Crippen LogP contribution is -2.35. The van der Waals surface area contributed by atoms with Crippen LogP contribution in [0.4, 0.5) is 0 Å². The molecule has 1 aliphatic heterocycles. The van der Waals surface area contributed by atoms with Gasteiger partial charge in [-0.15, -0.1) is 0 Å². The van der Waals surface area contributed by atoms with E-state index >= 15 is 0 Å². The fourth-order valence-corrected chi connectivity index (χ4v) is 3.48. The van der Waals surface area contributed by atoms with E-state index < -0.39 is 10.1 Å². The third-order valence-corrected chi connectivity index (χ3v) is 4.75. The highest BCUT2D eigenvalue weighted by Crippen LogP contribution is 2.39. The van der Waals surface area contributed by atoms with Crippen LogP contribution in [0.5, 0.6) is 0 Å². The highest BCUT2D eigenvalue weighted by molar-refractivity contribution is 7.85. The maximum atomic E-state index is 10.6. The first-order valence-electron chi connectivity index (χ1n) is 6.72. The summed E-state index contributed by atoms with van der Waals surface area (Å²) in [5, 5.41) is 0. The van der Waals surface area contributed by atoms with Crippen LogP contribution in [-0.4, -0.2) is 37.7 Å². The molecule has 0 aromatic rings. The molecular weight excluding hydrogens is 256 g/mol. The molecule has 0 radical (unpaired) electrons. The predicted molar refractivity (Wildman–Crippen MR) is 66.9 cm³/mol. The highest BCUT2D eigenvalue weighted by Gasteiger charge is 2.39. The lowest BCUT2D eigenvalue weighted by molar-refractivity contribution is -0.182. The van der Waals surface area contributed by atoms with Gasteiger partial charge in [-0.25, -0.2) is 0 Å². The molecular formula is C12H22O5S. The summed E-state index contributed by atoms with van der Waals surface area (Å²) in [4.78, 5) is 0. The Kier molecular flexibility index (Phi) is 4.64. The zero-order valence-corrected chi connectivity index (χ0v) is 11.5. The fourth-order valence-electron chi connectivity index (χ4n) is 2.91. The van der Waals surface area contributed by atoms with Crippen LogP contribution >= 0.6 is 0 Å². The Balaban J connectivity index is 1.62. The van der Waals surface area contributed by atoms with Gasteiger partial charge in [0.05, 0.1) is 19.0 Å². The third kappa shape index (κ3) is 4.19. The van der Waals surface area contributed by atoms with Crippen LogP contribution < -0.4 is 0 Å². The number of hydrogen-bond acceptors (Lipinski definition) is 4. The molecule has 1 saturated carbocycles. The fraction of sp³-hybridized carbons (Fsp3) is 1.00. The topological polar surface area (TPSA) is 72.8 Å². The van der Waals surface area contributed by atoms with E-state index in [-0.39, 0.29) is 11.5 Å². The van der Waals surface area contributed by atoms with Gasteiger partial charge < -0.3 is 9.47 Å². The van der Waals surface area contributed by atoms with Gasteiger partial charge in [-0.3, -0.25) is 4.55 Å². The Bertz CT molecular complexity index is 349. The van der Waals surface area contributed by atoms with Crippen LogP contribution in [0.3, 0.4) is 0 Å². The van der Waals surface area contributed by atoms with Crippen LogP contribution in [0.15, 0.2) is 0 Å². The van der Waals surface area contributed by atoms with Crippen molar-refractivity contribution in [3.63, 3.8) is 0 Å². The van der Waals surface area contributed by atoms with Crippen molar-refractivity contribution in [2.75, 3.05) is 19.0 Å². The van der Waals surface area contributed by atoms with Crippen molar-refractivity contribution in [1.82, 2.24) is 0 Å². The summed E-state index contributed by atoms with van der Waals surface area (Å²) in [5.74, 6) is 0.227. The van der Waals surface area contributed by atoms with Crippen LogP contribution in [-0.2, 0) is 19.6 Å². The van der Waals surface area contributed by atoms with E-state index in [0.29, 0.717) is 25.6 Å². The van der Waals surface area contributed by atoms with Gasteiger partial charge in [-0.2, -0.15) is 8.42 Å². The Morgan fingerprint density at radius 3 is 2.28 bits per heavy atom. The molecule has 0 atom stereocenters. The van der Waals surface area contributed by atoms with Crippen molar-refractivity contribution in [2.45, 2.75) is 50.7 Å². The van der Waals surface area contributed by atoms with Crippen LogP contribution in [0, 0.1) is 5.92 Å². The largest absolute Gasteiger partial charge is 0.348 e. The average Bonchev–Trinajstić information content (AvgIpc) is 2.75. The Morgan fingerprint density at radius 1 is 1.11 bits per heavy atom. The first-order valence-corrected chi connectivity index (χ1v) is 8.33. The second-order valence-corrected chi connectivity index (χ2v) is 6.90. The number of ether oxygens (including phenoxy) is 2. The van der Waals surface area contributed by atoms with E-state index in [2.05, 4.69) is 0 Å². The van der Waals surface area contributed by atoms with Gasteiger partial charge >= 0.3 is 0 Å². The quantitative estimate of drug-likeness (QED) is 0.615. The van der Waals surface area contributed by atoms with Crippen LogP contribution in [0.1, 0.15) is 44.9 Å². The number of unbranched alkanes of at least 4 members (excludes halogenated alkanes) is 1. The van der Waals surface area contributed by atoms with Gasteiger partial charge in [0.1, 0.15) is 0 Å². The Morgan fingerprint density at radius 2 is 1.72 bits per heavy atom. The van der Waals surface area contributed by atoms with Crippen LogP contribution in [0.25, 0.3) is 0 Å². The molecule has 1 N–H and O–H groups in total. The molecule has 5 nitrogen and oxygen atoms in total. The van der Waals surface area contributed by atoms with Crippen LogP contribution in [0.2, 0.25) is 0 Å². The summed E-state index contributed by atoms with van der Waals surface area (Å²) < 4.78 is 41.1. The zero-order valence-electron chi connectivity index (χ0n) is 10.6. The zero-order chi connectivity index (χ0) is 13.1. The maximum absolute atomic E-state index is 10.6. The first kappa shape index (κ1) is 14.2. The summed E-state index contributed by atoms with van der Waals surface area (Å²) in [6, 6.07) is 0. The van der Waals surface area contributed by atoms with Gasteiger partial charge in [0.25, 0.3) is 10.1 Å². The molecule has 0 aromatic carbocycles. The lowest BCUT2D eigenvalue weighted by Gasteiger charge is -2.35. The number of rotatable bonds is 5. The Labute approximate surface area is 109 Å². The Hall–Kier alpha value is -0.170. The summed E-state index contributed by atoms with van der Waals surface area (Å²) in [6.45, 7) is 1.41. The molecule has 18 heavy (non-hydrogen) atoms. The molecule has 106 valence electrons. The van der Waals surface area contributed by atoms with E-state index in [1.165, 1.54) is 0 Å².